The van der Waals surface area contributed by atoms with E-state index in [1.165, 1.54) is 10.6 Å². The molecule has 1 aromatic heterocycles. The van der Waals surface area contributed by atoms with Gasteiger partial charge in [-0.25, -0.2) is 0 Å². The summed E-state index contributed by atoms with van der Waals surface area (Å²) >= 11 is 0. The van der Waals surface area contributed by atoms with Gasteiger partial charge in [-0.05, 0) is 31.2 Å². The monoisotopic (exact) mass is 225 g/mol. The summed E-state index contributed by atoms with van der Waals surface area (Å²) in [7, 11) is 0. The molecule has 0 saturated carbocycles. The van der Waals surface area contributed by atoms with Crippen molar-refractivity contribution in [3.05, 3.63) is 53.9 Å². The van der Waals surface area contributed by atoms with E-state index in [9.17, 15) is 13.2 Å². The van der Waals surface area contributed by atoms with Crippen LogP contribution >= 0.6 is 0 Å². The Labute approximate surface area is 91.1 Å². The highest BCUT2D eigenvalue weighted by atomic mass is 19.4. The van der Waals surface area contributed by atoms with E-state index < -0.39 is 11.9 Å². The molecule has 1 heterocycles. The maximum atomic E-state index is 12.7. The lowest BCUT2D eigenvalue weighted by molar-refractivity contribution is -0.142. The second-order valence-electron chi connectivity index (χ2n) is 3.53. The SMILES string of the molecule is Cc1ccc(C(F)(F)F)n1-c1ccccc1. The first kappa shape index (κ1) is 10.8. The second-order valence-corrected chi connectivity index (χ2v) is 3.53. The van der Waals surface area contributed by atoms with Gasteiger partial charge in [0.2, 0.25) is 0 Å². The van der Waals surface area contributed by atoms with Crippen molar-refractivity contribution in [3.8, 4) is 5.69 Å². The molecule has 4 heteroatoms. The van der Waals surface area contributed by atoms with Crippen LogP contribution in [-0.4, -0.2) is 4.57 Å². The minimum absolute atomic E-state index is 0.525. The molecular weight excluding hydrogens is 215 g/mol. The van der Waals surface area contributed by atoms with Gasteiger partial charge in [-0.2, -0.15) is 13.2 Å². The third kappa shape index (κ3) is 1.83. The zero-order chi connectivity index (χ0) is 11.8. The summed E-state index contributed by atoms with van der Waals surface area (Å²) in [4.78, 5) is 0. The fraction of sp³-hybridized carbons (Fsp3) is 0.167. The summed E-state index contributed by atoms with van der Waals surface area (Å²) in [6.45, 7) is 1.66. The van der Waals surface area contributed by atoms with Crippen LogP contribution in [0.5, 0.6) is 0 Å². The number of alkyl halides is 3. The summed E-state index contributed by atoms with van der Waals surface area (Å²) in [5.74, 6) is 0. The minimum atomic E-state index is -4.33. The van der Waals surface area contributed by atoms with Gasteiger partial charge in [0.05, 0.1) is 0 Å². The number of rotatable bonds is 1. The van der Waals surface area contributed by atoms with Gasteiger partial charge in [0, 0.05) is 11.4 Å². The smallest absolute Gasteiger partial charge is 0.310 e. The van der Waals surface area contributed by atoms with E-state index in [2.05, 4.69) is 0 Å². The fourth-order valence-corrected chi connectivity index (χ4v) is 1.68. The number of aryl methyl sites for hydroxylation is 1. The molecule has 0 saturated heterocycles. The topological polar surface area (TPSA) is 4.93 Å². The summed E-state index contributed by atoms with van der Waals surface area (Å²) in [6, 6.07) is 11.1. The summed E-state index contributed by atoms with van der Waals surface area (Å²) in [5.41, 5.74) is 0.451. The highest BCUT2D eigenvalue weighted by Crippen LogP contribution is 2.32. The molecule has 84 valence electrons. The average molecular weight is 225 g/mol. The maximum absolute atomic E-state index is 12.7. The van der Waals surface area contributed by atoms with E-state index in [1.807, 2.05) is 0 Å². The Hall–Kier alpha value is -1.71. The number of para-hydroxylation sites is 1. The standard InChI is InChI=1S/C12H10F3N/c1-9-7-8-11(12(13,14)15)16(9)10-5-3-2-4-6-10/h2-8H,1H3. The quantitative estimate of drug-likeness (QED) is 0.695. The van der Waals surface area contributed by atoms with E-state index in [4.69, 9.17) is 0 Å². The van der Waals surface area contributed by atoms with E-state index in [0.717, 1.165) is 6.07 Å². The molecule has 0 aliphatic carbocycles. The lowest BCUT2D eigenvalue weighted by atomic mass is 10.3. The van der Waals surface area contributed by atoms with Crippen molar-refractivity contribution in [2.24, 2.45) is 0 Å². The Morgan fingerprint density at radius 3 is 2.12 bits per heavy atom. The molecule has 0 radical (unpaired) electrons. The average Bonchev–Trinajstić information content (AvgIpc) is 2.61. The molecule has 0 atom stereocenters. The first-order valence-electron chi connectivity index (χ1n) is 4.81. The van der Waals surface area contributed by atoms with Crippen molar-refractivity contribution in [1.29, 1.82) is 0 Å². The lowest BCUT2D eigenvalue weighted by Gasteiger charge is -2.13. The van der Waals surface area contributed by atoms with Crippen molar-refractivity contribution < 1.29 is 13.2 Å². The number of aromatic nitrogens is 1. The molecule has 1 nitrogen and oxygen atoms in total. The van der Waals surface area contributed by atoms with Crippen LogP contribution in [0.25, 0.3) is 5.69 Å². The zero-order valence-electron chi connectivity index (χ0n) is 8.62. The van der Waals surface area contributed by atoms with Gasteiger partial charge < -0.3 is 4.57 Å². The fourth-order valence-electron chi connectivity index (χ4n) is 1.68. The molecule has 2 rings (SSSR count). The van der Waals surface area contributed by atoms with Crippen molar-refractivity contribution in [3.63, 3.8) is 0 Å². The molecule has 2 aromatic rings. The van der Waals surface area contributed by atoms with Gasteiger partial charge >= 0.3 is 6.18 Å². The number of hydrogen-bond acceptors (Lipinski definition) is 0. The summed E-state index contributed by atoms with van der Waals surface area (Å²) < 4.78 is 39.4. The van der Waals surface area contributed by atoms with Gasteiger partial charge in [-0.1, -0.05) is 18.2 Å². The van der Waals surface area contributed by atoms with Crippen LogP contribution in [0.2, 0.25) is 0 Å². The predicted molar refractivity (Wildman–Crippen MR) is 55.5 cm³/mol. The normalized spacial score (nSPS) is 11.8. The lowest BCUT2D eigenvalue weighted by Crippen LogP contribution is -2.12. The van der Waals surface area contributed by atoms with Crippen LogP contribution in [0, 0.1) is 6.92 Å². The molecule has 0 aliphatic heterocycles. The van der Waals surface area contributed by atoms with E-state index in [1.54, 1.807) is 37.3 Å². The van der Waals surface area contributed by atoms with Gasteiger partial charge in [-0.3, -0.25) is 0 Å². The Morgan fingerprint density at radius 1 is 0.938 bits per heavy atom. The molecular formula is C12H10F3N. The van der Waals surface area contributed by atoms with Crippen molar-refractivity contribution >= 4 is 0 Å². The minimum Gasteiger partial charge on any atom is -0.310 e. The zero-order valence-corrected chi connectivity index (χ0v) is 8.62. The van der Waals surface area contributed by atoms with Crippen LogP contribution in [-0.2, 0) is 6.18 Å². The Balaban J connectivity index is 2.61. The van der Waals surface area contributed by atoms with Crippen molar-refractivity contribution in [1.82, 2.24) is 4.57 Å². The van der Waals surface area contributed by atoms with Crippen molar-refractivity contribution in [2.75, 3.05) is 0 Å². The predicted octanol–water partition coefficient (Wildman–Crippen LogP) is 3.80. The van der Waals surface area contributed by atoms with Gasteiger partial charge in [-0.15, -0.1) is 0 Å². The van der Waals surface area contributed by atoms with Crippen LogP contribution in [0.15, 0.2) is 42.5 Å². The van der Waals surface area contributed by atoms with E-state index in [-0.39, 0.29) is 0 Å². The van der Waals surface area contributed by atoms with E-state index in [0.29, 0.717) is 11.4 Å². The molecule has 1 aromatic carbocycles. The summed E-state index contributed by atoms with van der Waals surface area (Å²) in [6.07, 6.45) is -4.33. The number of nitrogens with zero attached hydrogens (tertiary/aromatic N) is 1. The maximum Gasteiger partial charge on any atom is 0.431 e. The molecule has 0 amide bonds. The molecule has 0 unspecified atom stereocenters. The van der Waals surface area contributed by atoms with Crippen LogP contribution < -0.4 is 0 Å². The largest absolute Gasteiger partial charge is 0.431 e. The first-order valence-corrected chi connectivity index (χ1v) is 4.81. The third-order valence-corrected chi connectivity index (χ3v) is 2.38. The van der Waals surface area contributed by atoms with Gasteiger partial charge in [0.25, 0.3) is 0 Å². The number of halogens is 3. The second kappa shape index (κ2) is 3.70. The van der Waals surface area contributed by atoms with Crippen LogP contribution in [0.1, 0.15) is 11.4 Å². The molecule has 16 heavy (non-hydrogen) atoms. The van der Waals surface area contributed by atoms with Crippen LogP contribution in [0.4, 0.5) is 13.2 Å². The molecule has 0 fully saturated rings. The highest BCUT2D eigenvalue weighted by Gasteiger charge is 2.34. The Bertz CT molecular complexity index is 483. The molecule has 0 bridgehead atoms. The Kier molecular flexibility index (Phi) is 2.50. The van der Waals surface area contributed by atoms with E-state index >= 15 is 0 Å². The highest BCUT2D eigenvalue weighted by molar-refractivity contribution is 5.38. The molecule has 0 aliphatic rings. The number of benzene rings is 1. The van der Waals surface area contributed by atoms with Gasteiger partial charge in [0.15, 0.2) is 0 Å². The van der Waals surface area contributed by atoms with Crippen LogP contribution in [0.3, 0.4) is 0 Å². The summed E-state index contributed by atoms with van der Waals surface area (Å²) in [5, 5.41) is 0. The third-order valence-electron chi connectivity index (χ3n) is 2.38. The number of hydrogen-bond donors (Lipinski definition) is 0. The molecule has 0 spiro atoms. The molecule has 0 N–H and O–H groups in total. The Morgan fingerprint density at radius 2 is 1.56 bits per heavy atom. The van der Waals surface area contributed by atoms with Crippen molar-refractivity contribution in [2.45, 2.75) is 13.1 Å². The van der Waals surface area contributed by atoms with Gasteiger partial charge in [0.1, 0.15) is 5.69 Å². The first-order chi connectivity index (χ1) is 7.50.